The Morgan fingerprint density at radius 2 is 1.37 bits per heavy atom. The summed E-state index contributed by atoms with van der Waals surface area (Å²) in [5, 5.41) is 11.3. The van der Waals surface area contributed by atoms with Gasteiger partial charge in [-0.2, -0.15) is 26.3 Å². The fraction of sp³-hybridized carbons (Fsp3) is 0.528. The fourth-order valence-electron chi connectivity index (χ4n) is 6.83. The molecule has 0 amide bonds. The number of hydrogen-bond donors (Lipinski definition) is 1. The number of aliphatic hydroxyl groups excluding tert-OH is 1. The van der Waals surface area contributed by atoms with Crippen LogP contribution in [0, 0.1) is 25.7 Å². The van der Waals surface area contributed by atoms with Crippen molar-refractivity contribution >= 4 is 46.7 Å². The summed E-state index contributed by atoms with van der Waals surface area (Å²) in [4.78, 5) is 37.2. The van der Waals surface area contributed by atoms with Crippen LogP contribution in [0.15, 0.2) is 42.2 Å². The molecule has 1 N–H and O–H groups in total. The summed E-state index contributed by atoms with van der Waals surface area (Å²) in [5.41, 5.74) is -0.677. The van der Waals surface area contributed by atoms with E-state index in [1.165, 1.54) is 0 Å². The number of rotatable bonds is 6. The van der Waals surface area contributed by atoms with Crippen molar-refractivity contribution in [3.05, 3.63) is 74.5 Å². The van der Waals surface area contributed by atoms with E-state index in [2.05, 4.69) is 0 Å². The van der Waals surface area contributed by atoms with Crippen molar-refractivity contribution in [2.24, 2.45) is 11.8 Å². The highest BCUT2D eigenvalue weighted by atomic mass is 35.5. The van der Waals surface area contributed by atoms with E-state index in [4.69, 9.17) is 37.4 Å². The smallest absolute Gasteiger partial charge is 0.391 e. The van der Waals surface area contributed by atoms with E-state index in [0.29, 0.717) is 21.7 Å². The minimum absolute atomic E-state index is 0.0384. The number of aliphatic hydroxyl groups is 1. The molecule has 2 saturated carbocycles. The molecule has 51 heavy (non-hydrogen) atoms. The Morgan fingerprint density at radius 1 is 0.863 bits per heavy atom. The molecule has 0 radical (unpaired) electrons. The van der Waals surface area contributed by atoms with Crippen LogP contribution in [-0.2, 0) is 35.0 Å². The summed E-state index contributed by atoms with van der Waals surface area (Å²) in [5.74, 6) is -5.50. The number of benzene rings is 2. The molecule has 3 aliphatic rings. The van der Waals surface area contributed by atoms with Crippen LogP contribution in [-0.4, -0.2) is 53.2 Å². The molecule has 280 valence electrons. The van der Waals surface area contributed by atoms with Gasteiger partial charge in [0.25, 0.3) is 0 Å². The molecular weight excluding hydrogens is 729 g/mol. The molecular formula is C36H38Cl2F6O7. The second-order valence-corrected chi connectivity index (χ2v) is 13.9. The van der Waals surface area contributed by atoms with Crippen molar-refractivity contribution in [3.8, 4) is 0 Å². The van der Waals surface area contributed by atoms with Crippen LogP contribution in [0.4, 0.5) is 26.3 Å². The summed E-state index contributed by atoms with van der Waals surface area (Å²) in [6, 6.07) is 10.2. The number of hydrogen-bond acceptors (Lipinski definition) is 7. The monoisotopic (exact) mass is 766 g/mol. The second kappa shape index (κ2) is 15.7. The summed E-state index contributed by atoms with van der Waals surface area (Å²) in [6.45, 7) is 5.15. The Labute approximate surface area is 301 Å². The van der Waals surface area contributed by atoms with Gasteiger partial charge < -0.3 is 19.3 Å². The van der Waals surface area contributed by atoms with Crippen LogP contribution >= 0.6 is 23.2 Å². The molecule has 5 rings (SSSR count). The van der Waals surface area contributed by atoms with Crippen LogP contribution in [0.5, 0.6) is 0 Å². The van der Waals surface area contributed by atoms with Gasteiger partial charge in [0, 0.05) is 15.6 Å². The zero-order chi connectivity index (χ0) is 37.9. The van der Waals surface area contributed by atoms with Crippen molar-refractivity contribution in [1.82, 2.24) is 0 Å². The Kier molecular flexibility index (Phi) is 12.4. The minimum Gasteiger partial charge on any atom is -0.507 e. The van der Waals surface area contributed by atoms with Gasteiger partial charge in [0.15, 0.2) is 11.4 Å². The van der Waals surface area contributed by atoms with E-state index >= 15 is 0 Å². The Hall–Kier alpha value is -3.45. The van der Waals surface area contributed by atoms with E-state index in [-0.39, 0.29) is 80.7 Å². The lowest BCUT2D eigenvalue weighted by molar-refractivity contribution is -0.207. The van der Waals surface area contributed by atoms with Crippen LogP contribution in [0.1, 0.15) is 80.5 Å². The zero-order valence-corrected chi connectivity index (χ0v) is 29.6. The van der Waals surface area contributed by atoms with Crippen molar-refractivity contribution < 1.29 is 60.0 Å². The molecule has 2 aromatic rings. The van der Waals surface area contributed by atoms with Gasteiger partial charge in [-0.3, -0.25) is 4.79 Å². The van der Waals surface area contributed by atoms with Crippen molar-refractivity contribution in [1.29, 1.82) is 0 Å². The number of halogens is 8. The number of carbonyl (C=O) groups is 3. The molecule has 2 aromatic carbocycles. The maximum Gasteiger partial charge on any atom is 0.391 e. The Balaban J connectivity index is 0.000000230. The molecule has 2 aliphatic carbocycles. The van der Waals surface area contributed by atoms with Crippen LogP contribution < -0.4 is 0 Å². The molecule has 0 bridgehead atoms. The van der Waals surface area contributed by atoms with E-state index in [9.17, 15) is 45.8 Å². The average Bonchev–Trinajstić information content (AvgIpc) is 3.27. The van der Waals surface area contributed by atoms with Gasteiger partial charge in [-0.1, -0.05) is 47.5 Å². The summed E-state index contributed by atoms with van der Waals surface area (Å²) in [6.07, 6.45) is -10.3. The van der Waals surface area contributed by atoms with Gasteiger partial charge in [0.2, 0.25) is 5.60 Å². The van der Waals surface area contributed by atoms with Crippen molar-refractivity contribution in [2.75, 3.05) is 6.61 Å². The first-order valence-corrected chi connectivity index (χ1v) is 17.2. The summed E-state index contributed by atoms with van der Waals surface area (Å²) < 4.78 is 93.1. The highest BCUT2D eigenvalue weighted by molar-refractivity contribution is 6.35. The minimum atomic E-state index is -4.33. The van der Waals surface area contributed by atoms with Gasteiger partial charge >= 0.3 is 30.3 Å². The third-order valence-corrected chi connectivity index (χ3v) is 10.4. The van der Waals surface area contributed by atoms with E-state index < -0.39 is 53.3 Å². The molecule has 7 nitrogen and oxygen atoms in total. The van der Waals surface area contributed by atoms with Gasteiger partial charge in [0.05, 0.1) is 24.9 Å². The van der Waals surface area contributed by atoms with Gasteiger partial charge in [-0.15, -0.1) is 0 Å². The molecule has 0 saturated heterocycles. The third kappa shape index (κ3) is 8.96. The molecule has 0 atom stereocenters. The first-order valence-electron chi connectivity index (χ1n) is 16.4. The van der Waals surface area contributed by atoms with Gasteiger partial charge in [-0.25, -0.2) is 9.59 Å². The predicted octanol–water partition coefficient (Wildman–Crippen LogP) is 9.75. The Morgan fingerprint density at radius 3 is 1.86 bits per heavy atom. The second-order valence-electron chi connectivity index (χ2n) is 13.1. The highest BCUT2D eigenvalue weighted by Gasteiger charge is 2.55. The predicted molar refractivity (Wildman–Crippen MR) is 176 cm³/mol. The molecule has 0 aromatic heterocycles. The third-order valence-electron chi connectivity index (χ3n) is 9.78. The average molecular weight is 768 g/mol. The van der Waals surface area contributed by atoms with Gasteiger partial charge in [0.1, 0.15) is 5.57 Å². The summed E-state index contributed by atoms with van der Waals surface area (Å²) >= 11 is 12.3. The lowest BCUT2D eigenvalue weighted by atomic mass is 9.77. The Bertz CT molecular complexity index is 1610. The standard InChI is InChI=1S/C19H22ClF3O4.C17H16ClF3O3/c1-3-26-17(25)18(9-7-13(8-10-18)19(21,22)23)27-16(24)11-14-12(2)5-4-6-15(14)20;1-9-3-2-4-11(18)12(9)13-14(22)16(24-15(13)23)7-5-10(6-8-16)17(19,20)21/h4-6,13H,3,7-11H2,1-2H3;2-4,10,22H,5-8H2,1H3. The number of alkyl halides is 6. The molecule has 0 unspecified atom stereocenters. The fourth-order valence-corrected chi connectivity index (χ4v) is 7.44. The molecule has 1 heterocycles. The maximum absolute atomic E-state index is 12.9. The van der Waals surface area contributed by atoms with E-state index in [0.717, 1.165) is 5.56 Å². The maximum atomic E-state index is 12.9. The van der Waals surface area contributed by atoms with Crippen LogP contribution in [0.2, 0.25) is 10.0 Å². The van der Waals surface area contributed by atoms with E-state index in [1.54, 1.807) is 57.2 Å². The molecule has 15 heteroatoms. The number of esters is 3. The van der Waals surface area contributed by atoms with Gasteiger partial charge in [-0.05, 0) is 101 Å². The first kappa shape index (κ1) is 40.3. The lowest BCUT2D eigenvalue weighted by Crippen LogP contribution is -2.49. The quantitative estimate of drug-likeness (QED) is 0.178. The highest BCUT2D eigenvalue weighted by Crippen LogP contribution is 2.50. The topological polar surface area (TPSA) is 99.1 Å². The number of ether oxygens (including phenoxy) is 3. The van der Waals surface area contributed by atoms with Crippen LogP contribution in [0.25, 0.3) is 5.57 Å². The normalized spacial score (nSPS) is 25.2. The number of aryl methyl sites for hydroxylation is 2. The largest absolute Gasteiger partial charge is 0.507 e. The number of carbonyl (C=O) groups excluding carboxylic acids is 3. The lowest BCUT2D eigenvalue weighted by Gasteiger charge is -2.37. The van der Waals surface area contributed by atoms with Crippen LogP contribution in [0.3, 0.4) is 0 Å². The SMILES string of the molecule is CCOC(=O)C1(OC(=O)Cc2c(C)cccc2Cl)CCC(C(F)(F)F)CC1.Cc1cccc(Cl)c1C1=C(O)C2(CCC(C(F)(F)F)CC2)OC1=O. The zero-order valence-electron chi connectivity index (χ0n) is 28.1. The van der Waals surface area contributed by atoms with Crippen molar-refractivity contribution in [3.63, 3.8) is 0 Å². The molecule has 1 spiro atoms. The van der Waals surface area contributed by atoms with E-state index in [1.807, 2.05) is 0 Å². The van der Waals surface area contributed by atoms with Crippen molar-refractivity contribution in [2.45, 2.75) is 102 Å². The molecule has 1 aliphatic heterocycles. The summed E-state index contributed by atoms with van der Waals surface area (Å²) in [7, 11) is 0. The first-order chi connectivity index (χ1) is 23.7. The molecule has 2 fully saturated rings.